The number of nitrogens with one attached hydrogen (secondary N) is 1. The molecule has 0 aliphatic heterocycles. The van der Waals surface area contributed by atoms with E-state index in [9.17, 15) is 0 Å². The molecule has 2 heterocycles. The number of hydrogen-bond donors (Lipinski definition) is 2. The van der Waals surface area contributed by atoms with E-state index in [1.54, 1.807) is 11.3 Å². The van der Waals surface area contributed by atoms with Crippen molar-refractivity contribution in [1.29, 1.82) is 0 Å². The van der Waals surface area contributed by atoms with Crippen LogP contribution in [0.5, 0.6) is 0 Å². The van der Waals surface area contributed by atoms with Gasteiger partial charge in [0.1, 0.15) is 0 Å². The van der Waals surface area contributed by atoms with Crippen molar-refractivity contribution in [1.82, 2.24) is 15.3 Å². The maximum absolute atomic E-state index is 6.07. The fraction of sp³-hybridized carbons (Fsp3) is 0.200. The number of thiazole rings is 1. The molecule has 3 rings (SSSR count). The van der Waals surface area contributed by atoms with Crippen LogP contribution in [-0.2, 0) is 13.1 Å². The van der Waals surface area contributed by atoms with Crippen LogP contribution >= 0.6 is 11.3 Å². The van der Waals surface area contributed by atoms with E-state index in [4.69, 9.17) is 5.73 Å². The highest BCUT2D eigenvalue weighted by atomic mass is 32.1. The van der Waals surface area contributed by atoms with Crippen molar-refractivity contribution in [2.75, 3.05) is 5.73 Å². The third-order valence-corrected chi connectivity index (χ3v) is 4.17. The van der Waals surface area contributed by atoms with Crippen molar-refractivity contribution in [2.45, 2.75) is 20.0 Å². The second-order valence-electron chi connectivity index (χ2n) is 4.68. The largest absolute Gasteiger partial charge is 0.398 e. The highest BCUT2D eigenvalue weighted by molar-refractivity contribution is 7.09. The number of pyridine rings is 1. The third kappa shape index (κ3) is 2.64. The molecule has 0 unspecified atom stereocenters. The molecule has 3 N–H and O–H groups in total. The van der Waals surface area contributed by atoms with Gasteiger partial charge in [0.2, 0.25) is 0 Å². The summed E-state index contributed by atoms with van der Waals surface area (Å²) in [5.74, 6) is 0. The second kappa shape index (κ2) is 5.56. The molecule has 102 valence electrons. The quantitative estimate of drug-likeness (QED) is 0.773. The topological polar surface area (TPSA) is 63.8 Å². The molecule has 20 heavy (non-hydrogen) atoms. The monoisotopic (exact) mass is 284 g/mol. The van der Waals surface area contributed by atoms with Crippen molar-refractivity contribution < 1.29 is 0 Å². The maximum Gasteiger partial charge on any atom is 0.0798 e. The number of anilines is 1. The van der Waals surface area contributed by atoms with Gasteiger partial charge in [0.05, 0.1) is 22.4 Å². The minimum absolute atomic E-state index is 0.701. The lowest BCUT2D eigenvalue weighted by molar-refractivity contribution is 0.685. The van der Waals surface area contributed by atoms with E-state index >= 15 is 0 Å². The standard InChI is InChI=1S/C15H16N4S/c1-10-15(20-9-18-10)8-17-7-11-6-13(16)12-4-2-3-5-14(12)19-11/h2-6,9,17H,7-8H2,1H3,(H2,16,19). The predicted octanol–water partition coefficient (Wildman–Crippen LogP) is 2.87. The zero-order valence-corrected chi connectivity index (χ0v) is 12.1. The lowest BCUT2D eigenvalue weighted by Crippen LogP contribution is -2.14. The summed E-state index contributed by atoms with van der Waals surface area (Å²) in [4.78, 5) is 10.1. The Labute approximate surface area is 121 Å². The van der Waals surface area contributed by atoms with Crippen LogP contribution in [0, 0.1) is 6.92 Å². The summed E-state index contributed by atoms with van der Waals surface area (Å²) >= 11 is 1.67. The van der Waals surface area contributed by atoms with Crippen LogP contribution in [0.1, 0.15) is 16.3 Å². The minimum Gasteiger partial charge on any atom is -0.398 e. The van der Waals surface area contributed by atoms with Crippen LogP contribution in [0.15, 0.2) is 35.8 Å². The highest BCUT2D eigenvalue weighted by Gasteiger charge is 2.04. The highest BCUT2D eigenvalue weighted by Crippen LogP contribution is 2.20. The smallest absolute Gasteiger partial charge is 0.0798 e. The number of aromatic nitrogens is 2. The Kier molecular flexibility index (Phi) is 3.62. The first kappa shape index (κ1) is 13.0. The van der Waals surface area contributed by atoms with E-state index in [2.05, 4.69) is 15.3 Å². The molecule has 2 aromatic heterocycles. The van der Waals surface area contributed by atoms with E-state index in [-0.39, 0.29) is 0 Å². The van der Waals surface area contributed by atoms with Crippen LogP contribution in [0.2, 0.25) is 0 Å². The molecule has 0 aliphatic rings. The molecule has 5 heteroatoms. The summed E-state index contributed by atoms with van der Waals surface area (Å²) in [7, 11) is 0. The first-order chi connectivity index (χ1) is 9.74. The van der Waals surface area contributed by atoms with Gasteiger partial charge in [0, 0.05) is 29.0 Å². The Balaban J connectivity index is 1.73. The number of nitrogens with two attached hydrogens (primary N) is 1. The van der Waals surface area contributed by atoms with Gasteiger partial charge < -0.3 is 11.1 Å². The maximum atomic E-state index is 6.07. The van der Waals surface area contributed by atoms with E-state index in [1.807, 2.05) is 42.8 Å². The van der Waals surface area contributed by atoms with Crippen LogP contribution < -0.4 is 11.1 Å². The van der Waals surface area contributed by atoms with E-state index in [0.29, 0.717) is 6.54 Å². The number of nitrogen functional groups attached to an aromatic ring is 1. The molecule has 0 fully saturated rings. The summed E-state index contributed by atoms with van der Waals surface area (Å²) in [5, 5.41) is 4.40. The first-order valence-corrected chi connectivity index (χ1v) is 7.36. The summed E-state index contributed by atoms with van der Waals surface area (Å²) < 4.78 is 0. The Morgan fingerprint density at radius 1 is 1.25 bits per heavy atom. The average Bonchev–Trinajstić information content (AvgIpc) is 2.85. The molecule has 0 saturated carbocycles. The number of fused-ring (bicyclic) bond motifs is 1. The molecule has 3 aromatic rings. The van der Waals surface area contributed by atoms with Gasteiger partial charge in [-0.15, -0.1) is 11.3 Å². The summed E-state index contributed by atoms with van der Waals surface area (Å²) in [6.07, 6.45) is 0. The van der Waals surface area contributed by atoms with E-state index < -0.39 is 0 Å². The average molecular weight is 284 g/mol. The first-order valence-electron chi connectivity index (χ1n) is 6.48. The Bertz CT molecular complexity index is 736. The SMILES string of the molecule is Cc1ncsc1CNCc1cc(N)c2ccccc2n1. The Morgan fingerprint density at radius 2 is 2.10 bits per heavy atom. The Hall–Kier alpha value is -1.98. The van der Waals surface area contributed by atoms with Gasteiger partial charge in [0.25, 0.3) is 0 Å². The van der Waals surface area contributed by atoms with Crippen LogP contribution in [0.3, 0.4) is 0 Å². The molecule has 0 bridgehead atoms. The summed E-state index contributed by atoms with van der Waals surface area (Å²) in [6.45, 7) is 3.54. The van der Waals surface area contributed by atoms with Crippen molar-refractivity contribution in [3.05, 3.63) is 52.1 Å². The van der Waals surface area contributed by atoms with E-state index in [1.165, 1.54) is 4.88 Å². The zero-order chi connectivity index (χ0) is 13.9. The molecule has 0 aliphatic carbocycles. The van der Waals surface area contributed by atoms with Gasteiger partial charge in [-0.3, -0.25) is 4.98 Å². The molecule has 1 aromatic carbocycles. The van der Waals surface area contributed by atoms with Crippen LogP contribution in [0.25, 0.3) is 10.9 Å². The number of hydrogen-bond acceptors (Lipinski definition) is 5. The molecule has 0 amide bonds. The van der Waals surface area contributed by atoms with Crippen molar-refractivity contribution >= 4 is 27.9 Å². The third-order valence-electron chi connectivity index (χ3n) is 3.24. The zero-order valence-electron chi connectivity index (χ0n) is 11.3. The molecule has 0 spiro atoms. The van der Waals surface area contributed by atoms with Gasteiger partial charge in [-0.25, -0.2) is 4.98 Å². The fourth-order valence-electron chi connectivity index (χ4n) is 2.15. The fourth-order valence-corrected chi connectivity index (χ4v) is 2.90. The number of nitrogens with zero attached hydrogens (tertiary/aromatic N) is 2. The number of aryl methyl sites for hydroxylation is 1. The molecule has 4 nitrogen and oxygen atoms in total. The number of para-hydroxylation sites is 1. The summed E-state index contributed by atoms with van der Waals surface area (Å²) in [5.41, 5.74) is 11.7. The molecule has 0 saturated heterocycles. The molecule has 0 radical (unpaired) electrons. The van der Waals surface area contributed by atoms with Gasteiger partial charge in [-0.1, -0.05) is 18.2 Å². The van der Waals surface area contributed by atoms with Crippen LogP contribution in [-0.4, -0.2) is 9.97 Å². The number of benzene rings is 1. The predicted molar refractivity (Wildman–Crippen MR) is 83.6 cm³/mol. The minimum atomic E-state index is 0.701. The van der Waals surface area contributed by atoms with E-state index in [0.717, 1.165) is 34.5 Å². The Morgan fingerprint density at radius 3 is 2.90 bits per heavy atom. The van der Waals surface area contributed by atoms with Gasteiger partial charge >= 0.3 is 0 Å². The van der Waals surface area contributed by atoms with Crippen molar-refractivity contribution in [3.63, 3.8) is 0 Å². The molecular weight excluding hydrogens is 268 g/mol. The second-order valence-corrected chi connectivity index (χ2v) is 5.62. The summed E-state index contributed by atoms with van der Waals surface area (Å²) in [6, 6.07) is 9.88. The van der Waals surface area contributed by atoms with Crippen molar-refractivity contribution in [3.8, 4) is 0 Å². The van der Waals surface area contributed by atoms with Crippen molar-refractivity contribution in [2.24, 2.45) is 0 Å². The van der Waals surface area contributed by atoms with Gasteiger partial charge in [-0.05, 0) is 19.1 Å². The molecule has 0 atom stereocenters. The lowest BCUT2D eigenvalue weighted by atomic mass is 10.1. The molecular formula is C15H16N4S. The van der Waals surface area contributed by atoms with Crippen LogP contribution in [0.4, 0.5) is 5.69 Å². The van der Waals surface area contributed by atoms with Gasteiger partial charge in [-0.2, -0.15) is 0 Å². The normalized spacial score (nSPS) is 11.1. The van der Waals surface area contributed by atoms with Gasteiger partial charge in [0.15, 0.2) is 0 Å². The lowest BCUT2D eigenvalue weighted by Gasteiger charge is -2.07. The number of rotatable bonds is 4.